The monoisotopic (exact) mass is 242 g/mol. The molecule has 1 aromatic carbocycles. The van der Waals surface area contributed by atoms with Crippen molar-refractivity contribution in [2.45, 2.75) is 31.4 Å². The largest absolute Gasteiger partial charge is 0.373 e. The second-order valence-corrected chi connectivity index (χ2v) is 5.20. The number of nitrogens with zero attached hydrogens (tertiary/aromatic N) is 1. The summed E-state index contributed by atoms with van der Waals surface area (Å²) in [6.07, 6.45) is 3.93. The molecule has 2 atom stereocenters. The van der Waals surface area contributed by atoms with Gasteiger partial charge in [0.1, 0.15) is 0 Å². The summed E-state index contributed by atoms with van der Waals surface area (Å²) in [4.78, 5) is 4.38. The molecule has 1 aromatic heterocycles. The second kappa shape index (κ2) is 4.34. The number of pyridine rings is 1. The molecule has 2 unspecified atom stereocenters. The Kier molecular flexibility index (Phi) is 2.80. The van der Waals surface area contributed by atoms with E-state index >= 15 is 0 Å². The van der Waals surface area contributed by atoms with E-state index in [4.69, 9.17) is 10.5 Å². The summed E-state index contributed by atoms with van der Waals surface area (Å²) in [5.74, 6) is 0. The standard InChI is InChI=1S/C15H18N2O/c1-15(7-3-9-18-15)14(16)12-6-5-11-4-2-8-17-13(11)10-12/h2,4-6,8,10,14H,3,7,9,16H2,1H3. The van der Waals surface area contributed by atoms with Gasteiger partial charge in [-0.1, -0.05) is 18.2 Å². The van der Waals surface area contributed by atoms with Crippen LogP contribution in [0.2, 0.25) is 0 Å². The molecule has 1 aliphatic rings. The van der Waals surface area contributed by atoms with Crippen LogP contribution in [0.1, 0.15) is 31.4 Å². The smallest absolute Gasteiger partial charge is 0.0847 e. The van der Waals surface area contributed by atoms with Gasteiger partial charge in [0.25, 0.3) is 0 Å². The van der Waals surface area contributed by atoms with E-state index in [9.17, 15) is 0 Å². The van der Waals surface area contributed by atoms with Crippen molar-refractivity contribution in [1.82, 2.24) is 4.98 Å². The molecule has 94 valence electrons. The van der Waals surface area contributed by atoms with Gasteiger partial charge in [-0.2, -0.15) is 0 Å². The summed E-state index contributed by atoms with van der Waals surface area (Å²) >= 11 is 0. The third-order valence-electron chi connectivity index (χ3n) is 3.90. The fourth-order valence-corrected chi connectivity index (χ4v) is 2.68. The van der Waals surface area contributed by atoms with Crippen molar-refractivity contribution in [3.63, 3.8) is 0 Å². The van der Waals surface area contributed by atoms with Gasteiger partial charge in [-0.15, -0.1) is 0 Å². The fraction of sp³-hybridized carbons (Fsp3) is 0.400. The lowest BCUT2D eigenvalue weighted by atomic mass is 9.88. The van der Waals surface area contributed by atoms with Gasteiger partial charge < -0.3 is 10.5 Å². The zero-order chi connectivity index (χ0) is 12.6. The summed E-state index contributed by atoms with van der Waals surface area (Å²) in [5.41, 5.74) is 8.23. The molecule has 18 heavy (non-hydrogen) atoms. The van der Waals surface area contributed by atoms with Crippen molar-refractivity contribution in [1.29, 1.82) is 0 Å². The van der Waals surface area contributed by atoms with Crippen LogP contribution in [-0.2, 0) is 4.74 Å². The maximum Gasteiger partial charge on any atom is 0.0847 e. The van der Waals surface area contributed by atoms with Crippen LogP contribution in [0.4, 0.5) is 0 Å². The third kappa shape index (κ3) is 1.89. The van der Waals surface area contributed by atoms with Crippen molar-refractivity contribution in [3.8, 4) is 0 Å². The predicted molar refractivity (Wildman–Crippen MR) is 72.3 cm³/mol. The fourth-order valence-electron chi connectivity index (χ4n) is 2.68. The highest BCUT2D eigenvalue weighted by atomic mass is 16.5. The molecule has 0 aliphatic carbocycles. The molecule has 2 heterocycles. The number of ether oxygens (including phenoxy) is 1. The Balaban J connectivity index is 1.98. The van der Waals surface area contributed by atoms with Gasteiger partial charge in [-0.25, -0.2) is 0 Å². The molecular formula is C15H18N2O. The normalized spacial score (nSPS) is 25.4. The number of hydrogen-bond acceptors (Lipinski definition) is 3. The molecule has 3 nitrogen and oxygen atoms in total. The Bertz CT molecular complexity index is 561. The van der Waals surface area contributed by atoms with E-state index in [0.29, 0.717) is 0 Å². The van der Waals surface area contributed by atoms with E-state index in [1.54, 1.807) is 0 Å². The van der Waals surface area contributed by atoms with Crippen LogP contribution in [0.25, 0.3) is 10.9 Å². The van der Waals surface area contributed by atoms with Crippen LogP contribution < -0.4 is 5.73 Å². The highest BCUT2D eigenvalue weighted by molar-refractivity contribution is 5.79. The van der Waals surface area contributed by atoms with Crippen molar-refractivity contribution in [2.24, 2.45) is 5.73 Å². The zero-order valence-electron chi connectivity index (χ0n) is 10.6. The minimum atomic E-state index is -0.234. The average Bonchev–Trinajstić information content (AvgIpc) is 2.85. The molecule has 1 saturated heterocycles. The van der Waals surface area contributed by atoms with Crippen molar-refractivity contribution < 1.29 is 4.74 Å². The number of nitrogens with two attached hydrogens (primary N) is 1. The first-order chi connectivity index (χ1) is 8.69. The van der Waals surface area contributed by atoms with Crippen LogP contribution in [0.5, 0.6) is 0 Å². The Morgan fingerprint density at radius 1 is 1.39 bits per heavy atom. The van der Waals surface area contributed by atoms with Crippen LogP contribution in [-0.4, -0.2) is 17.2 Å². The molecule has 0 saturated carbocycles. The van der Waals surface area contributed by atoms with Gasteiger partial charge in [0.15, 0.2) is 0 Å². The SMILES string of the molecule is CC1(C(N)c2ccc3cccnc3c2)CCCO1. The minimum Gasteiger partial charge on any atom is -0.373 e. The summed E-state index contributed by atoms with van der Waals surface area (Å²) < 4.78 is 5.82. The Morgan fingerprint density at radius 3 is 3.06 bits per heavy atom. The van der Waals surface area contributed by atoms with E-state index in [0.717, 1.165) is 35.9 Å². The van der Waals surface area contributed by atoms with Gasteiger partial charge in [0.2, 0.25) is 0 Å². The van der Waals surface area contributed by atoms with Crippen LogP contribution >= 0.6 is 0 Å². The molecule has 2 aromatic rings. The average molecular weight is 242 g/mol. The summed E-state index contributed by atoms with van der Waals surface area (Å²) in [6, 6.07) is 10.2. The third-order valence-corrected chi connectivity index (χ3v) is 3.90. The number of fused-ring (bicyclic) bond motifs is 1. The van der Waals surface area contributed by atoms with Crippen LogP contribution in [0.3, 0.4) is 0 Å². The van der Waals surface area contributed by atoms with Gasteiger partial charge >= 0.3 is 0 Å². The Labute approximate surface area is 107 Å². The van der Waals surface area contributed by atoms with Crippen molar-refractivity contribution >= 4 is 10.9 Å². The lowest BCUT2D eigenvalue weighted by molar-refractivity contribution is -0.00170. The van der Waals surface area contributed by atoms with Gasteiger partial charge in [0.05, 0.1) is 17.2 Å². The highest BCUT2D eigenvalue weighted by Gasteiger charge is 2.37. The molecule has 1 fully saturated rings. The lowest BCUT2D eigenvalue weighted by Gasteiger charge is -2.30. The zero-order valence-corrected chi connectivity index (χ0v) is 10.6. The maximum absolute atomic E-state index is 6.37. The number of hydrogen-bond donors (Lipinski definition) is 1. The van der Waals surface area contributed by atoms with Gasteiger partial charge in [-0.3, -0.25) is 4.98 Å². The summed E-state index contributed by atoms with van der Waals surface area (Å²) in [6.45, 7) is 2.92. The Morgan fingerprint density at radius 2 is 2.28 bits per heavy atom. The van der Waals surface area contributed by atoms with Gasteiger partial charge in [0, 0.05) is 18.2 Å². The summed E-state index contributed by atoms with van der Waals surface area (Å²) in [7, 11) is 0. The van der Waals surface area contributed by atoms with E-state index < -0.39 is 0 Å². The molecule has 0 radical (unpaired) electrons. The van der Waals surface area contributed by atoms with E-state index in [1.807, 2.05) is 12.3 Å². The van der Waals surface area contributed by atoms with E-state index in [-0.39, 0.29) is 11.6 Å². The van der Waals surface area contributed by atoms with E-state index in [2.05, 4.69) is 36.2 Å². The molecular weight excluding hydrogens is 224 g/mol. The van der Waals surface area contributed by atoms with Crippen LogP contribution in [0.15, 0.2) is 36.5 Å². The molecule has 0 spiro atoms. The number of benzene rings is 1. The van der Waals surface area contributed by atoms with Crippen LogP contribution in [0, 0.1) is 0 Å². The molecule has 0 amide bonds. The van der Waals surface area contributed by atoms with E-state index in [1.165, 1.54) is 0 Å². The molecule has 0 bridgehead atoms. The molecule has 3 heteroatoms. The first-order valence-electron chi connectivity index (χ1n) is 6.43. The predicted octanol–water partition coefficient (Wildman–Crippen LogP) is 2.80. The molecule has 3 rings (SSSR count). The summed E-state index contributed by atoms with van der Waals surface area (Å²) in [5, 5.41) is 1.14. The maximum atomic E-state index is 6.37. The number of rotatable bonds is 2. The first-order valence-corrected chi connectivity index (χ1v) is 6.43. The first kappa shape index (κ1) is 11.6. The molecule has 1 aliphatic heterocycles. The van der Waals surface area contributed by atoms with Crippen molar-refractivity contribution in [2.75, 3.05) is 6.61 Å². The lowest BCUT2D eigenvalue weighted by Crippen LogP contribution is -2.37. The van der Waals surface area contributed by atoms with Gasteiger partial charge in [-0.05, 0) is 37.5 Å². The number of aromatic nitrogens is 1. The quantitative estimate of drug-likeness (QED) is 0.881. The molecule has 2 N–H and O–H groups in total. The minimum absolute atomic E-state index is 0.0913. The van der Waals surface area contributed by atoms with Crippen molar-refractivity contribution in [3.05, 3.63) is 42.1 Å². The topological polar surface area (TPSA) is 48.1 Å². The highest BCUT2D eigenvalue weighted by Crippen LogP contribution is 2.36. The second-order valence-electron chi connectivity index (χ2n) is 5.20. The Hall–Kier alpha value is -1.45.